The van der Waals surface area contributed by atoms with Gasteiger partial charge in [-0.2, -0.15) is 0 Å². The van der Waals surface area contributed by atoms with Gasteiger partial charge in [-0.15, -0.1) is 0 Å². The van der Waals surface area contributed by atoms with Gasteiger partial charge < -0.3 is 19.1 Å². The lowest BCUT2D eigenvalue weighted by Crippen LogP contribution is -2.18. The number of carbonyl (C=O) groups excluding carboxylic acids is 1. The summed E-state index contributed by atoms with van der Waals surface area (Å²) in [4.78, 5) is 22.8. The summed E-state index contributed by atoms with van der Waals surface area (Å²) < 4.78 is 12.4. The van der Waals surface area contributed by atoms with Gasteiger partial charge in [-0.3, -0.25) is 9.59 Å². The fraction of sp³-hybridized carbons (Fsp3) is 0.333. The first kappa shape index (κ1) is 13.5. The molecule has 0 amide bonds. The number of aromatic nitrogens is 1. The molecule has 2 heterocycles. The number of nitrogens with zero attached hydrogens (tertiary/aromatic N) is 1. The fourth-order valence-corrected chi connectivity index (χ4v) is 2.40. The molecule has 1 aliphatic rings. The Morgan fingerprint density at radius 1 is 1.33 bits per heavy atom. The Hall–Kier alpha value is -2.50. The topological polar surface area (TPSA) is 77.8 Å². The number of ketones is 1. The van der Waals surface area contributed by atoms with E-state index in [1.54, 1.807) is 4.57 Å². The number of benzene rings is 1. The molecule has 0 saturated heterocycles. The maximum atomic E-state index is 12.0. The van der Waals surface area contributed by atoms with Gasteiger partial charge in [0, 0.05) is 24.1 Å². The van der Waals surface area contributed by atoms with Crippen molar-refractivity contribution in [2.45, 2.75) is 19.9 Å². The zero-order valence-electron chi connectivity index (χ0n) is 11.5. The molecule has 6 nitrogen and oxygen atoms in total. The van der Waals surface area contributed by atoms with Crippen molar-refractivity contribution in [2.24, 2.45) is 5.92 Å². The van der Waals surface area contributed by atoms with Crippen molar-refractivity contribution in [1.29, 1.82) is 0 Å². The van der Waals surface area contributed by atoms with Gasteiger partial charge >= 0.3 is 5.97 Å². The number of rotatable bonds is 5. The third kappa shape index (κ3) is 2.56. The molecular weight excluding hydrogens is 274 g/mol. The highest BCUT2D eigenvalue weighted by atomic mass is 16.7. The normalized spacial score (nSPS) is 14.3. The Kier molecular flexibility index (Phi) is 3.29. The van der Waals surface area contributed by atoms with Crippen LogP contribution in [0.15, 0.2) is 24.4 Å². The minimum Gasteiger partial charge on any atom is -0.481 e. The Morgan fingerprint density at radius 3 is 2.76 bits per heavy atom. The second-order valence-electron chi connectivity index (χ2n) is 5.19. The molecule has 6 heteroatoms. The standard InChI is InChI=1S/C15H15NO5/c1-9(15(18)19)4-11(17)7-16-3-2-10-5-13-14(6-12(10)16)21-8-20-13/h2-3,5-6,9H,4,7-8H2,1H3,(H,18,19). The molecule has 0 bridgehead atoms. The van der Waals surface area contributed by atoms with Crippen LogP contribution >= 0.6 is 0 Å². The molecule has 1 aromatic heterocycles. The third-order valence-corrected chi connectivity index (χ3v) is 3.57. The molecule has 1 aliphatic heterocycles. The van der Waals surface area contributed by atoms with Crippen LogP contribution in [0, 0.1) is 5.92 Å². The van der Waals surface area contributed by atoms with E-state index >= 15 is 0 Å². The molecule has 110 valence electrons. The van der Waals surface area contributed by atoms with Gasteiger partial charge in [-0.25, -0.2) is 0 Å². The zero-order valence-corrected chi connectivity index (χ0v) is 11.5. The van der Waals surface area contributed by atoms with Crippen LogP contribution in [-0.2, 0) is 16.1 Å². The lowest BCUT2D eigenvalue weighted by molar-refractivity contribution is -0.143. The van der Waals surface area contributed by atoms with Gasteiger partial charge in [0.2, 0.25) is 6.79 Å². The second-order valence-corrected chi connectivity index (χ2v) is 5.19. The van der Waals surface area contributed by atoms with Gasteiger partial charge in [-0.05, 0) is 12.1 Å². The van der Waals surface area contributed by atoms with E-state index in [1.807, 2.05) is 24.4 Å². The largest absolute Gasteiger partial charge is 0.481 e. The van der Waals surface area contributed by atoms with E-state index in [0.29, 0.717) is 11.5 Å². The van der Waals surface area contributed by atoms with Crippen LogP contribution in [0.3, 0.4) is 0 Å². The van der Waals surface area contributed by atoms with Crippen LogP contribution in [-0.4, -0.2) is 28.2 Å². The summed E-state index contributed by atoms with van der Waals surface area (Å²) >= 11 is 0. The first-order valence-electron chi connectivity index (χ1n) is 6.67. The summed E-state index contributed by atoms with van der Waals surface area (Å²) in [6, 6.07) is 5.61. The number of hydrogen-bond donors (Lipinski definition) is 1. The lowest BCUT2D eigenvalue weighted by atomic mass is 10.1. The number of carboxylic acids is 1. The number of aliphatic carboxylic acids is 1. The summed E-state index contributed by atoms with van der Waals surface area (Å²) in [7, 11) is 0. The molecule has 2 aromatic rings. The van der Waals surface area contributed by atoms with Crippen LogP contribution < -0.4 is 9.47 Å². The Bertz CT molecular complexity index is 718. The van der Waals surface area contributed by atoms with Crippen LogP contribution in [0.2, 0.25) is 0 Å². The summed E-state index contributed by atoms with van der Waals surface area (Å²) in [6.07, 6.45) is 1.84. The summed E-state index contributed by atoms with van der Waals surface area (Å²) in [5.41, 5.74) is 0.871. The van der Waals surface area contributed by atoms with Crippen LogP contribution in [0.4, 0.5) is 0 Å². The Balaban J connectivity index is 1.81. The Morgan fingerprint density at radius 2 is 2.05 bits per heavy atom. The average molecular weight is 289 g/mol. The van der Waals surface area contributed by atoms with E-state index in [4.69, 9.17) is 14.6 Å². The van der Waals surface area contributed by atoms with E-state index in [1.165, 1.54) is 6.92 Å². The molecule has 0 spiro atoms. The number of hydrogen-bond acceptors (Lipinski definition) is 4. The highest BCUT2D eigenvalue weighted by Crippen LogP contribution is 2.36. The van der Waals surface area contributed by atoms with Crippen LogP contribution in [0.1, 0.15) is 13.3 Å². The number of carboxylic acid groups (broad SMARTS) is 1. The Labute approximate surface area is 120 Å². The molecule has 0 aliphatic carbocycles. The molecule has 3 rings (SSSR count). The third-order valence-electron chi connectivity index (χ3n) is 3.57. The van der Waals surface area contributed by atoms with Crippen molar-refractivity contribution < 1.29 is 24.2 Å². The van der Waals surface area contributed by atoms with Gasteiger partial charge in [0.15, 0.2) is 17.3 Å². The van der Waals surface area contributed by atoms with E-state index in [2.05, 4.69) is 0 Å². The number of carbonyl (C=O) groups is 2. The number of Topliss-reactive ketones (excluding diaryl/α,β-unsaturated/α-hetero) is 1. The zero-order chi connectivity index (χ0) is 15.0. The monoisotopic (exact) mass is 289 g/mol. The molecule has 0 fully saturated rings. The van der Waals surface area contributed by atoms with Crippen molar-refractivity contribution in [1.82, 2.24) is 4.57 Å². The summed E-state index contributed by atoms with van der Waals surface area (Å²) in [5, 5.41) is 9.80. The summed E-state index contributed by atoms with van der Waals surface area (Å²) in [5.74, 6) is -0.371. The molecule has 21 heavy (non-hydrogen) atoms. The molecule has 1 aromatic carbocycles. The van der Waals surface area contributed by atoms with E-state index in [0.717, 1.165) is 10.9 Å². The molecule has 0 radical (unpaired) electrons. The molecule has 0 saturated carbocycles. The highest BCUT2D eigenvalue weighted by molar-refractivity contribution is 5.88. The first-order chi connectivity index (χ1) is 10.0. The molecule has 1 atom stereocenters. The number of ether oxygens (including phenoxy) is 2. The lowest BCUT2D eigenvalue weighted by Gasteiger charge is -2.08. The van der Waals surface area contributed by atoms with Crippen molar-refractivity contribution >= 4 is 22.7 Å². The minimum atomic E-state index is -0.955. The number of fused-ring (bicyclic) bond motifs is 2. The van der Waals surface area contributed by atoms with Crippen molar-refractivity contribution in [3.8, 4) is 11.5 Å². The smallest absolute Gasteiger partial charge is 0.306 e. The quantitative estimate of drug-likeness (QED) is 0.911. The average Bonchev–Trinajstić information content (AvgIpc) is 3.03. The molecular formula is C15H15NO5. The van der Waals surface area contributed by atoms with E-state index in [9.17, 15) is 9.59 Å². The predicted molar refractivity (Wildman–Crippen MR) is 74.5 cm³/mol. The van der Waals surface area contributed by atoms with Crippen LogP contribution in [0.25, 0.3) is 10.9 Å². The van der Waals surface area contributed by atoms with Crippen LogP contribution in [0.5, 0.6) is 11.5 Å². The molecule has 1 unspecified atom stereocenters. The minimum absolute atomic E-state index is 0.0273. The van der Waals surface area contributed by atoms with E-state index < -0.39 is 11.9 Å². The van der Waals surface area contributed by atoms with Gasteiger partial charge in [0.05, 0.1) is 18.0 Å². The SMILES string of the molecule is CC(CC(=O)Cn1ccc2cc3c(cc21)OCO3)C(=O)O. The van der Waals surface area contributed by atoms with Gasteiger partial charge in [0.25, 0.3) is 0 Å². The van der Waals surface area contributed by atoms with Crippen molar-refractivity contribution in [2.75, 3.05) is 6.79 Å². The van der Waals surface area contributed by atoms with Gasteiger partial charge in [0.1, 0.15) is 0 Å². The van der Waals surface area contributed by atoms with Crippen molar-refractivity contribution in [3.63, 3.8) is 0 Å². The van der Waals surface area contributed by atoms with Gasteiger partial charge in [-0.1, -0.05) is 6.92 Å². The predicted octanol–water partition coefficient (Wildman–Crippen LogP) is 2.05. The van der Waals surface area contributed by atoms with E-state index in [-0.39, 0.29) is 25.5 Å². The summed E-state index contributed by atoms with van der Waals surface area (Å²) in [6.45, 7) is 1.89. The van der Waals surface area contributed by atoms with Crippen molar-refractivity contribution in [3.05, 3.63) is 24.4 Å². The highest BCUT2D eigenvalue weighted by Gasteiger charge is 2.18. The second kappa shape index (κ2) is 5.12. The maximum Gasteiger partial charge on any atom is 0.306 e. The molecule has 1 N–H and O–H groups in total. The maximum absolute atomic E-state index is 12.0. The fourth-order valence-electron chi connectivity index (χ4n) is 2.40. The first-order valence-corrected chi connectivity index (χ1v) is 6.67.